The van der Waals surface area contributed by atoms with Gasteiger partial charge in [-0.3, -0.25) is 9.59 Å². The minimum absolute atomic E-state index is 0.00626. The second-order valence-electron chi connectivity index (χ2n) is 4.44. The molecule has 1 heterocycles. The van der Waals surface area contributed by atoms with E-state index in [0.29, 0.717) is 24.4 Å². The highest BCUT2D eigenvalue weighted by atomic mass is 35.5. The first-order valence-corrected chi connectivity index (χ1v) is 6.20. The minimum Gasteiger partial charge on any atom is -0.481 e. The molecule has 1 N–H and O–H groups in total. The van der Waals surface area contributed by atoms with Crippen LogP contribution in [0.5, 0.6) is 0 Å². The summed E-state index contributed by atoms with van der Waals surface area (Å²) in [4.78, 5) is 24.1. The van der Waals surface area contributed by atoms with Crippen molar-refractivity contribution in [3.63, 3.8) is 0 Å². The Balaban J connectivity index is 2.10. The first-order valence-electron chi connectivity index (χ1n) is 5.82. The van der Waals surface area contributed by atoms with E-state index in [-0.39, 0.29) is 18.4 Å². The van der Waals surface area contributed by atoms with Crippen molar-refractivity contribution in [3.05, 3.63) is 34.9 Å². The Morgan fingerprint density at radius 3 is 2.94 bits per heavy atom. The van der Waals surface area contributed by atoms with Gasteiger partial charge in [0.15, 0.2) is 0 Å². The number of hydrogen-bond acceptors (Lipinski definition) is 2. The summed E-state index contributed by atoms with van der Waals surface area (Å²) in [5.41, 5.74) is 0.924. The number of benzene rings is 1. The predicted octanol–water partition coefficient (Wildman–Crippen LogP) is 2.31. The van der Waals surface area contributed by atoms with Gasteiger partial charge < -0.3 is 10.0 Å². The summed E-state index contributed by atoms with van der Waals surface area (Å²) >= 11 is 5.89. The normalized spacial score (nSPS) is 19.3. The number of hydrogen-bond donors (Lipinski definition) is 1. The molecule has 1 aromatic rings. The molecule has 1 atom stereocenters. The van der Waals surface area contributed by atoms with Crippen molar-refractivity contribution in [2.75, 3.05) is 0 Å². The number of carbonyl (C=O) groups is 2. The smallest absolute Gasteiger partial charge is 0.305 e. The molecule has 4 nitrogen and oxygen atoms in total. The molecule has 2 rings (SSSR count). The summed E-state index contributed by atoms with van der Waals surface area (Å²) in [6.45, 7) is 0.428. The summed E-state index contributed by atoms with van der Waals surface area (Å²) in [5, 5.41) is 9.45. The molecular weight excluding hydrogens is 254 g/mol. The number of nitrogens with zero attached hydrogens (tertiary/aromatic N) is 1. The highest BCUT2D eigenvalue weighted by molar-refractivity contribution is 6.30. The van der Waals surface area contributed by atoms with Crippen molar-refractivity contribution in [2.24, 2.45) is 0 Å². The van der Waals surface area contributed by atoms with Crippen molar-refractivity contribution in [1.82, 2.24) is 4.90 Å². The van der Waals surface area contributed by atoms with Crippen LogP contribution >= 0.6 is 11.6 Å². The number of carbonyl (C=O) groups excluding carboxylic acids is 1. The molecule has 1 fully saturated rings. The predicted molar refractivity (Wildman–Crippen MR) is 67.3 cm³/mol. The van der Waals surface area contributed by atoms with Crippen LogP contribution in [0.3, 0.4) is 0 Å². The van der Waals surface area contributed by atoms with E-state index in [0.717, 1.165) is 5.56 Å². The summed E-state index contributed by atoms with van der Waals surface area (Å²) in [5.74, 6) is -0.855. The largest absolute Gasteiger partial charge is 0.481 e. The average Bonchev–Trinajstić information content (AvgIpc) is 2.61. The maximum absolute atomic E-state index is 11.8. The Hall–Kier alpha value is -1.55. The molecule has 0 saturated carbocycles. The van der Waals surface area contributed by atoms with Gasteiger partial charge in [-0.2, -0.15) is 0 Å². The lowest BCUT2D eigenvalue weighted by molar-refractivity contribution is -0.139. The Morgan fingerprint density at radius 1 is 1.50 bits per heavy atom. The fourth-order valence-electron chi connectivity index (χ4n) is 2.26. The van der Waals surface area contributed by atoms with Gasteiger partial charge in [-0.15, -0.1) is 0 Å². The van der Waals surface area contributed by atoms with Gasteiger partial charge in [0.05, 0.1) is 6.42 Å². The Labute approximate surface area is 110 Å². The number of likely N-dealkylation sites (tertiary alicyclic amines) is 1. The number of carboxylic acid groups (broad SMARTS) is 1. The van der Waals surface area contributed by atoms with Crippen molar-refractivity contribution >= 4 is 23.5 Å². The van der Waals surface area contributed by atoms with Crippen molar-refractivity contribution < 1.29 is 14.7 Å². The number of carboxylic acids is 1. The number of rotatable bonds is 4. The molecule has 0 aromatic heterocycles. The number of halogens is 1. The molecule has 1 aliphatic rings. The van der Waals surface area contributed by atoms with Gasteiger partial charge >= 0.3 is 5.97 Å². The van der Waals surface area contributed by atoms with Gasteiger partial charge in [-0.05, 0) is 24.1 Å². The van der Waals surface area contributed by atoms with E-state index in [1.165, 1.54) is 0 Å². The Bertz CT molecular complexity index is 475. The summed E-state index contributed by atoms with van der Waals surface area (Å²) < 4.78 is 0. The second kappa shape index (κ2) is 5.40. The van der Waals surface area contributed by atoms with Crippen LogP contribution in [-0.2, 0) is 16.1 Å². The van der Waals surface area contributed by atoms with Gasteiger partial charge in [0.2, 0.25) is 5.91 Å². The maximum atomic E-state index is 11.8. The zero-order valence-electron chi connectivity index (χ0n) is 9.80. The van der Waals surface area contributed by atoms with Crippen LogP contribution in [0.2, 0.25) is 5.02 Å². The van der Waals surface area contributed by atoms with E-state index in [2.05, 4.69) is 0 Å². The van der Waals surface area contributed by atoms with Gasteiger partial charge in [0, 0.05) is 24.0 Å². The summed E-state index contributed by atoms with van der Waals surface area (Å²) in [6, 6.07) is 7.07. The molecule has 1 aromatic carbocycles. The molecule has 0 unspecified atom stereocenters. The van der Waals surface area contributed by atoms with Crippen LogP contribution in [0.15, 0.2) is 24.3 Å². The second-order valence-corrected chi connectivity index (χ2v) is 4.88. The summed E-state index contributed by atoms with van der Waals surface area (Å²) in [6.07, 6.45) is 1.05. The Kier molecular flexibility index (Phi) is 3.87. The molecule has 1 aliphatic heterocycles. The third kappa shape index (κ3) is 3.01. The van der Waals surface area contributed by atoms with Gasteiger partial charge in [-0.1, -0.05) is 23.7 Å². The SMILES string of the molecule is O=C(O)C[C@@H]1CCC(=O)N1Cc1cccc(Cl)c1. The van der Waals surface area contributed by atoms with Crippen molar-refractivity contribution in [1.29, 1.82) is 0 Å². The lowest BCUT2D eigenvalue weighted by Gasteiger charge is -2.23. The van der Waals surface area contributed by atoms with Crippen LogP contribution in [-0.4, -0.2) is 27.9 Å². The molecule has 0 bridgehead atoms. The zero-order chi connectivity index (χ0) is 13.1. The van der Waals surface area contributed by atoms with E-state index in [4.69, 9.17) is 16.7 Å². The zero-order valence-corrected chi connectivity index (χ0v) is 10.6. The molecule has 5 heteroatoms. The standard InChI is InChI=1S/C13H14ClNO3/c14-10-3-1-2-9(6-10)8-15-11(7-13(17)18)4-5-12(15)16/h1-3,6,11H,4-5,7-8H2,(H,17,18)/t11-/m0/s1. The molecule has 18 heavy (non-hydrogen) atoms. The molecule has 1 amide bonds. The molecule has 0 radical (unpaired) electrons. The summed E-state index contributed by atoms with van der Waals surface area (Å²) in [7, 11) is 0. The van der Waals surface area contributed by atoms with E-state index >= 15 is 0 Å². The lowest BCUT2D eigenvalue weighted by atomic mass is 10.1. The van der Waals surface area contributed by atoms with E-state index in [1.54, 1.807) is 17.0 Å². The quantitative estimate of drug-likeness (QED) is 0.911. The van der Waals surface area contributed by atoms with Crippen LogP contribution in [0.25, 0.3) is 0 Å². The first-order chi connectivity index (χ1) is 8.56. The van der Waals surface area contributed by atoms with Crippen molar-refractivity contribution in [3.8, 4) is 0 Å². The van der Waals surface area contributed by atoms with Crippen LogP contribution in [0, 0.1) is 0 Å². The molecule has 96 valence electrons. The van der Waals surface area contributed by atoms with Gasteiger partial charge in [0.25, 0.3) is 0 Å². The number of amides is 1. The third-order valence-electron chi connectivity index (χ3n) is 3.10. The molecule has 0 aliphatic carbocycles. The number of aliphatic carboxylic acids is 1. The highest BCUT2D eigenvalue weighted by Crippen LogP contribution is 2.24. The topological polar surface area (TPSA) is 57.6 Å². The maximum Gasteiger partial charge on any atom is 0.305 e. The average molecular weight is 268 g/mol. The van der Waals surface area contributed by atoms with E-state index < -0.39 is 5.97 Å². The van der Waals surface area contributed by atoms with Crippen LogP contribution in [0.4, 0.5) is 0 Å². The fourth-order valence-corrected chi connectivity index (χ4v) is 2.47. The van der Waals surface area contributed by atoms with Crippen LogP contribution in [0.1, 0.15) is 24.8 Å². The highest BCUT2D eigenvalue weighted by Gasteiger charge is 2.32. The van der Waals surface area contributed by atoms with Gasteiger partial charge in [0.1, 0.15) is 0 Å². The first kappa shape index (κ1) is 12.9. The minimum atomic E-state index is -0.870. The Morgan fingerprint density at radius 2 is 2.28 bits per heavy atom. The van der Waals surface area contributed by atoms with E-state index in [1.807, 2.05) is 12.1 Å². The van der Waals surface area contributed by atoms with E-state index in [9.17, 15) is 9.59 Å². The fraction of sp³-hybridized carbons (Fsp3) is 0.385. The molecular formula is C13H14ClNO3. The monoisotopic (exact) mass is 267 g/mol. The van der Waals surface area contributed by atoms with Gasteiger partial charge in [-0.25, -0.2) is 0 Å². The van der Waals surface area contributed by atoms with Crippen molar-refractivity contribution in [2.45, 2.75) is 31.8 Å². The molecule has 0 spiro atoms. The lowest BCUT2D eigenvalue weighted by Crippen LogP contribution is -2.33. The van der Waals surface area contributed by atoms with Crippen LogP contribution < -0.4 is 0 Å². The third-order valence-corrected chi connectivity index (χ3v) is 3.34. The molecule has 1 saturated heterocycles.